The molecule has 0 bridgehead atoms. The van der Waals surface area contributed by atoms with Crippen LogP contribution in [-0.2, 0) is 9.59 Å². The van der Waals surface area contributed by atoms with Crippen molar-refractivity contribution in [1.82, 2.24) is 0 Å². The number of carbonyl (C=O) groups is 2. The van der Waals surface area contributed by atoms with Gasteiger partial charge in [0.2, 0.25) is 11.8 Å². The van der Waals surface area contributed by atoms with Gasteiger partial charge in [0.25, 0.3) is 0 Å². The molecule has 1 atom stereocenters. The second kappa shape index (κ2) is 5.68. The van der Waals surface area contributed by atoms with Crippen molar-refractivity contribution in [2.24, 2.45) is 5.92 Å². The van der Waals surface area contributed by atoms with E-state index in [4.69, 9.17) is 5.26 Å². The van der Waals surface area contributed by atoms with Gasteiger partial charge in [-0.05, 0) is 43.7 Å². The van der Waals surface area contributed by atoms with Gasteiger partial charge in [-0.25, -0.2) is 4.90 Å². The molecule has 2 rings (SSSR count). The topological polar surface area (TPSA) is 61.2 Å². The molecule has 104 valence electrons. The lowest BCUT2D eigenvalue weighted by Crippen LogP contribution is -2.32. The standard InChI is InChI=1S/C15H16N2O2S/c1-9-4-10(2)14(11(3)5-9)17-13(18)6-12(15(17)19)7-20-8-16/h4-5,12H,6-7H2,1-3H3. The summed E-state index contributed by atoms with van der Waals surface area (Å²) in [4.78, 5) is 25.9. The van der Waals surface area contributed by atoms with Crippen molar-refractivity contribution in [2.75, 3.05) is 10.7 Å². The van der Waals surface area contributed by atoms with Crippen molar-refractivity contribution >= 4 is 29.3 Å². The zero-order valence-corrected chi connectivity index (χ0v) is 12.6. The van der Waals surface area contributed by atoms with E-state index >= 15 is 0 Å². The predicted octanol–water partition coefficient (Wildman–Crippen LogP) is 2.71. The van der Waals surface area contributed by atoms with Crippen LogP contribution in [-0.4, -0.2) is 17.6 Å². The number of amides is 2. The highest BCUT2D eigenvalue weighted by atomic mass is 32.2. The Morgan fingerprint density at radius 2 is 1.90 bits per heavy atom. The minimum atomic E-state index is -0.382. The molecule has 1 fully saturated rings. The summed E-state index contributed by atoms with van der Waals surface area (Å²) < 4.78 is 0. The number of anilines is 1. The van der Waals surface area contributed by atoms with Crippen LogP contribution in [0.5, 0.6) is 0 Å². The molecule has 0 aromatic heterocycles. The number of hydrogen-bond acceptors (Lipinski definition) is 4. The molecule has 1 aromatic rings. The van der Waals surface area contributed by atoms with E-state index in [1.54, 1.807) is 0 Å². The highest BCUT2D eigenvalue weighted by Gasteiger charge is 2.40. The van der Waals surface area contributed by atoms with Gasteiger partial charge in [-0.3, -0.25) is 9.59 Å². The van der Waals surface area contributed by atoms with E-state index in [2.05, 4.69) is 0 Å². The van der Waals surface area contributed by atoms with Crippen molar-refractivity contribution in [3.63, 3.8) is 0 Å². The molecule has 0 saturated carbocycles. The number of thiocyanates is 1. The maximum absolute atomic E-state index is 12.4. The van der Waals surface area contributed by atoms with Crippen LogP contribution in [0.2, 0.25) is 0 Å². The Morgan fingerprint density at radius 1 is 1.30 bits per heavy atom. The van der Waals surface area contributed by atoms with Crippen LogP contribution in [0.25, 0.3) is 0 Å². The van der Waals surface area contributed by atoms with Gasteiger partial charge < -0.3 is 0 Å². The zero-order chi connectivity index (χ0) is 14.9. The number of nitrogens with zero attached hydrogens (tertiary/aromatic N) is 2. The monoisotopic (exact) mass is 288 g/mol. The highest BCUT2D eigenvalue weighted by molar-refractivity contribution is 8.03. The quantitative estimate of drug-likeness (QED) is 0.634. The minimum Gasteiger partial charge on any atom is -0.274 e. The molecular formula is C15H16N2O2S. The van der Waals surface area contributed by atoms with Crippen LogP contribution >= 0.6 is 11.8 Å². The summed E-state index contributed by atoms with van der Waals surface area (Å²) in [5, 5.41) is 10.5. The molecule has 2 amide bonds. The SMILES string of the molecule is Cc1cc(C)c(N2C(=O)CC(CSC#N)C2=O)c(C)c1. The summed E-state index contributed by atoms with van der Waals surface area (Å²) >= 11 is 1.03. The number of aryl methyl sites for hydroxylation is 3. The van der Waals surface area contributed by atoms with Crippen LogP contribution in [0.15, 0.2) is 12.1 Å². The van der Waals surface area contributed by atoms with Crippen molar-refractivity contribution in [3.8, 4) is 5.40 Å². The molecule has 0 spiro atoms. The lowest BCUT2D eigenvalue weighted by atomic mass is 10.0. The molecule has 1 saturated heterocycles. The number of thioether (sulfide) groups is 1. The Bertz CT molecular complexity index is 596. The summed E-state index contributed by atoms with van der Waals surface area (Å²) in [6.45, 7) is 5.81. The molecule has 1 unspecified atom stereocenters. The van der Waals surface area contributed by atoms with Crippen LogP contribution in [0.3, 0.4) is 0 Å². The van der Waals surface area contributed by atoms with E-state index in [0.717, 1.165) is 28.5 Å². The van der Waals surface area contributed by atoms with Gasteiger partial charge in [-0.15, -0.1) is 0 Å². The molecule has 0 radical (unpaired) electrons. The molecular weight excluding hydrogens is 272 g/mol. The van der Waals surface area contributed by atoms with E-state index < -0.39 is 0 Å². The number of imide groups is 1. The van der Waals surface area contributed by atoms with Crippen molar-refractivity contribution in [1.29, 1.82) is 5.26 Å². The van der Waals surface area contributed by atoms with E-state index in [-0.39, 0.29) is 24.2 Å². The van der Waals surface area contributed by atoms with Gasteiger partial charge in [0, 0.05) is 12.2 Å². The molecule has 20 heavy (non-hydrogen) atoms. The first kappa shape index (κ1) is 14.6. The molecule has 1 aromatic carbocycles. The van der Waals surface area contributed by atoms with E-state index in [1.165, 1.54) is 4.90 Å². The second-order valence-corrected chi connectivity index (χ2v) is 5.92. The Labute approximate surface area is 122 Å². The Morgan fingerprint density at radius 3 is 2.45 bits per heavy atom. The van der Waals surface area contributed by atoms with E-state index in [9.17, 15) is 9.59 Å². The number of benzene rings is 1. The highest BCUT2D eigenvalue weighted by Crippen LogP contribution is 2.33. The largest absolute Gasteiger partial charge is 0.274 e. The maximum Gasteiger partial charge on any atom is 0.238 e. The molecule has 0 aliphatic carbocycles. The average Bonchev–Trinajstić information content (AvgIpc) is 2.63. The molecule has 5 heteroatoms. The Balaban J connectivity index is 2.37. The van der Waals surface area contributed by atoms with Crippen molar-refractivity contribution < 1.29 is 9.59 Å². The van der Waals surface area contributed by atoms with Crippen molar-refractivity contribution in [3.05, 3.63) is 28.8 Å². The van der Waals surface area contributed by atoms with E-state index in [0.29, 0.717) is 11.4 Å². The van der Waals surface area contributed by atoms with Crippen LogP contribution in [0, 0.1) is 37.4 Å². The average molecular weight is 288 g/mol. The first-order valence-corrected chi connectivity index (χ1v) is 7.39. The van der Waals surface area contributed by atoms with Crippen molar-refractivity contribution in [2.45, 2.75) is 27.2 Å². The fourth-order valence-electron chi connectivity index (χ4n) is 2.72. The Kier molecular flexibility index (Phi) is 4.15. The predicted molar refractivity (Wildman–Crippen MR) is 79.3 cm³/mol. The third-order valence-electron chi connectivity index (χ3n) is 3.45. The van der Waals surface area contributed by atoms with Crippen LogP contribution < -0.4 is 4.90 Å². The van der Waals surface area contributed by atoms with Gasteiger partial charge in [0.05, 0.1) is 11.6 Å². The first-order chi connectivity index (χ1) is 9.45. The van der Waals surface area contributed by atoms with Gasteiger partial charge in [0.15, 0.2) is 0 Å². The normalized spacial score (nSPS) is 18.5. The Hall–Kier alpha value is -1.80. The van der Waals surface area contributed by atoms with E-state index in [1.807, 2.05) is 38.3 Å². The lowest BCUT2D eigenvalue weighted by Gasteiger charge is -2.20. The molecule has 1 aliphatic heterocycles. The number of nitriles is 1. The van der Waals surface area contributed by atoms with Crippen LogP contribution in [0.4, 0.5) is 5.69 Å². The number of carbonyl (C=O) groups excluding carboxylic acids is 2. The number of hydrogen-bond donors (Lipinski definition) is 0. The minimum absolute atomic E-state index is 0.173. The van der Waals surface area contributed by atoms with Crippen LogP contribution in [0.1, 0.15) is 23.1 Å². The molecule has 1 heterocycles. The summed E-state index contributed by atoms with van der Waals surface area (Å²) in [6, 6.07) is 3.94. The summed E-state index contributed by atoms with van der Waals surface area (Å²) in [6.07, 6.45) is 0.195. The number of rotatable bonds is 3. The molecule has 0 N–H and O–H groups in total. The molecule has 4 nitrogen and oxygen atoms in total. The summed E-state index contributed by atoms with van der Waals surface area (Å²) in [5.74, 6) is -0.365. The third-order valence-corrected chi connectivity index (χ3v) is 4.15. The van der Waals surface area contributed by atoms with Gasteiger partial charge in [-0.1, -0.05) is 17.7 Å². The lowest BCUT2D eigenvalue weighted by molar-refractivity contribution is -0.122. The zero-order valence-electron chi connectivity index (χ0n) is 11.8. The summed E-state index contributed by atoms with van der Waals surface area (Å²) in [5.41, 5.74) is 3.67. The third kappa shape index (κ3) is 2.56. The smallest absolute Gasteiger partial charge is 0.238 e. The van der Waals surface area contributed by atoms with Gasteiger partial charge in [-0.2, -0.15) is 5.26 Å². The fourth-order valence-corrected chi connectivity index (χ4v) is 3.26. The van der Waals surface area contributed by atoms with Gasteiger partial charge >= 0.3 is 0 Å². The van der Waals surface area contributed by atoms with Gasteiger partial charge in [0.1, 0.15) is 5.40 Å². The maximum atomic E-state index is 12.4. The summed E-state index contributed by atoms with van der Waals surface area (Å²) in [7, 11) is 0. The fraction of sp³-hybridized carbons (Fsp3) is 0.400. The second-order valence-electron chi connectivity index (χ2n) is 5.12. The first-order valence-electron chi connectivity index (χ1n) is 6.41. The molecule has 1 aliphatic rings.